The van der Waals surface area contributed by atoms with Crippen LogP contribution in [0.1, 0.15) is 17.9 Å². The summed E-state index contributed by atoms with van der Waals surface area (Å²) in [5.74, 6) is 2.21. The molecule has 0 unspecified atom stereocenters. The van der Waals surface area contributed by atoms with E-state index in [2.05, 4.69) is 20.4 Å². The molecule has 4 rings (SSSR count). The molecule has 2 aromatic heterocycles. The number of aryl methyl sites for hydroxylation is 2. The van der Waals surface area contributed by atoms with Crippen molar-refractivity contribution in [2.75, 3.05) is 5.32 Å². The number of carbonyl (C=O) groups excluding carboxylic acids is 1. The fourth-order valence-corrected chi connectivity index (χ4v) is 2.83. The molecule has 150 valence electrons. The standard InChI is InChI=1S/C23H20N4O3/c1-16-4-2-6-20(14-16)29-19-9-7-18(8-10-19)25-21(28)11-12-22-26-23(27-30-22)17-5-3-13-24-15-17/h2-10,13-15H,11-12H2,1H3,(H,25,28). The van der Waals surface area contributed by atoms with Crippen LogP contribution in [-0.2, 0) is 11.2 Å². The number of hydrogen-bond donors (Lipinski definition) is 1. The first kappa shape index (κ1) is 19.3. The van der Waals surface area contributed by atoms with Crippen molar-refractivity contribution in [3.63, 3.8) is 0 Å². The van der Waals surface area contributed by atoms with E-state index in [4.69, 9.17) is 9.26 Å². The van der Waals surface area contributed by atoms with E-state index in [1.165, 1.54) is 0 Å². The van der Waals surface area contributed by atoms with Crippen molar-refractivity contribution in [3.05, 3.63) is 84.5 Å². The molecule has 0 radical (unpaired) electrons. The molecular formula is C23H20N4O3. The van der Waals surface area contributed by atoms with Gasteiger partial charge in [-0.2, -0.15) is 4.98 Å². The van der Waals surface area contributed by atoms with Crippen LogP contribution in [0.3, 0.4) is 0 Å². The number of aromatic nitrogens is 3. The average Bonchev–Trinajstić information content (AvgIpc) is 3.24. The second-order valence-electron chi connectivity index (χ2n) is 6.74. The maximum atomic E-state index is 12.2. The number of hydrogen-bond acceptors (Lipinski definition) is 6. The fraction of sp³-hybridized carbons (Fsp3) is 0.130. The third-order valence-corrected chi connectivity index (χ3v) is 4.32. The highest BCUT2D eigenvalue weighted by Crippen LogP contribution is 2.24. The first-order valence-corrected chi connectivity index (χ1v) is 9.53. The number of amides is 1. The van der Waals surface area contributed by atoms with Crippen LogP contribution < -0.4 is 10.1 Å². The number of pyridine rings is 1. The molecule has 0 aliphatic rings. The molecule has 7 heteroatoms. The Hall–Kier alpha value is -4.00. The van der Waals surface area contributed by atoms with Crippen LogP contribution in [0.25, 0.3) is 11.4 Å². The Labute approximate surface area is 173 Å². The number of nitrogens with one attached hydrogen (secondary N) is 1. The van der Waals surface area contributed by atoms with E-state index >= 15 is 0 Å². The Morgan fingerprint density at radius 2 is 1.93 bits per heavy atom. The zero-order chi connectivity index (χ0) is 20.8. The van der Waals surface area contributed by atoms with E-state index in [0.717, 1.165) is 16.9 Å². The zero-order valence-corrected chi connectivity index (χ0v) is 16.4. The minimum Gasteiger partial charge on any atom is -0.457 e. The summed E-state index contributed by atoms with van der Waals surface area (Å²) in [7, 11) is 0. The number of anilines is 1. The number of ether oxygens (including phenoxy) is 1. The van der Waals surface area contributed by atoms with Crippen LogP contribution in [0, 0.1) is 6.92 Å². The van der Waals surface area contributed by atoms with Crippen LogP contribution in [0.4, 0.5) is 5.69 Å². The lowest BCUT2D eigenvalue weighted by atomic mass is 10.2. The molecule has 4 aromatic rings. The third-order valence-electron chi connectivity index (χ3n) is 4.32. The summed E-state index contributed by atoms with van der Waals surface area (Å²) < 4.78 is 11.0. The molecular weight excluding hydrogens is 380 g/mol. The maximum absolute atomic E-state index is 12.2. The summed E-state index contributed by atoms with van der Waals surface area (Å²) in [6.45, 7) is 2.01. The minimum atomic E-state index is -0.136. The highest BCUT2D eigenvalue weighted by molar-refractivity contribution is 5.90. The van der Waals surface area contributed by atoms with Gasteiger partial charge < -0.3 is 14.6 Å². The largest absolute Gasteiger partial charge is 0.457 e. The van der Waals surface area contributed by atoms with E-state index < -0.39 is 0 Å². The molecule has 0 saturated heterocycles. The molecule has 7 nitrogen and oxygen atoms in total. The first-order valence-electron chi connectivity index (χ1n) is 9.53. The van der Waals surface area contributed by atoms with Crippen LogP contribution in [0.2, 0.25) is 0 Å². The van der Waals surface area contributed by atoms with Gasteiger partial charge >= 0.3 is 0 Å². The lowest BCUT2D eigenvalue weighted by Crippen LogP contribution is -2.12. The predicted molar refractivity (Wildman–Crippen MR) is 112 cm³/mol. The molecule has 0 atom stereocenters. The van der Waals surface area contributed by atoms with Crippen LogP contribution >= 0.6 is 0 Å². The monoisotopic (exact) mass is 400 g/mol. The summed E-state index contributed by atoms with van der Waals surface area (Å²) in [5, 5.41) is 6.78. The highest BCUT2D eigenvalue weighted by atomic mass is 16.5. The summed E-state index contributed by atoms with van der Waals surface area (Å²) >= 11 is 0. The van der Waals surface area contributed by atoms with Gasteiger partial charge in [0.1, 0.15) is 11.5 Å². The van der Waals surface area contributed by atoms with Crippen LogP contribution in [0.15, 0.2) is 77.6 Å². The van der Waals surface area contributed by atoms with Crippen LogP contribution in [0.5, 0.6) is 11.5 Å². The Kier molecular flexibility index (Phi) is 5.80. The number of nitrogens with zero attached hydrogens (tertiary/aromatic N) is 3. The van der Waals surface area contributed by atoms with Gasteiger partial charge in [0.05, 0.1) is 0 Å². The molecule has 0 fully saturated rings. The molecule has 0 spiro atoms. The number of carbonyl (C=O) groups is 1. The lowest BCUT2D eigenvalue weighted by Gasteiger charge is -2.08. The van der Waals surface area contributed by atoms with Gasteiger partial charge in [-0.1, -0.05) is 17.3 Å². The molecule has 1 amide bonds. The van der Waals surface area contributed by atoms with Gasteiger partial charge in [0.25, 0.3) is 0 Å². The Morgan fingerprint density at radius 1 is 1.07 bits per heavy atom. The normalized spacial score (nSPS) is 10.6. The minimum absolute atomic E-state index is 0.136. The molecule has 2 aromatic carbocycles. The van der Waals surface area contributed by atoms with Crippen molar-refractivity contribution >= 4 is 11.6 Å². The zero-order valence-electron chi connectivity index (χ0n) is 16.4. The highest BCUT2D eigenvalue weighted by Gasteiger charge is 2.11. The van der Waals surface area contributed by atoms with Gasteiger partial charge in [-0.05, 0) is 61.0 Å². The van der Waals surface area contributed by atoms with Gasteiger partial charge in [0.2, 0.25) is 17.6 Å². The fourth-order valence-electron chi connectivity index (χ4n) is 2.83. The number of rotatable bonds is 7. The second-order valence-corrected chi connectivity index (χ2v) is 6.74. The predicted octanol–water partition coefficient (Wildman–Crippen LogP) is 4.80. The summed E-state index contributed by atoms with van der Waals surface area (Å²) in [4.78, 5) is 20.6. The SMILES string of the molecule is Cc1cccc(Oc2ccc(NC(=O)CCc3nc(-c4cccnc4)no3)cc2)c1. The smallest absolute Gasteiger partial charge is 0.227 e. The van der Waals surface area contributed by atoms with Crippen molar-refractivity contribution in [3.8, 4) is 22.9 Å². The van der Waals surface area contributed by atoms with E-state index in [9.17, 15) is 4.79 Å². The molecule has 0 aliphatic carbocycles. The maximum Gasteiger partial charge on any atom is 0.227 e. The van der Waals surface area contributed by atoms with Gasteiger partial charge in [-0.25, -0.2) is 0 Å². The van der Waals surface area contributed by atoms with E-state index in [-0.39, 0.29) is 12.3 Å². The van der Waals surface area contributed by atoms with Crippen molar-refractivity contribution in [2.45, 2.75) is 19.8 Å². The van der Waals surface area contributed by atoms with Crippen molar-refractivity contribution in [2.24, 2.45) is 0 Å². The van der Waals surface area contributed by atoms with Gasteiger partial charge in [-0.3, -0.25) is 9.78 Å². The topological polar surface area (TPSA) is 90.1 Å². The summed E-state index contributed by atoms with van der Waals surface area (Å²) in [6.07, 6.45) is 3.92. The van der Waals surface area contributed by atoms with Crippen LogP contribution in [-0.4, -0.2) is 21.0 Å². The second kappa shape index (κ2) is 9.00. The van der Waals surface area contributed by atoms with Gasteiger partial charge in [0.15, 0.2) is 0 Å². The molecule has 1 N–H and O–H groups in total. The van der Waals surface area contributed by atoms with Crippen molar-refractivity contribution < 1.29 is 14.1 Å². The molecule has 0 bridgehead atoms. The average molecular weight is 400 g/mol. The van der Waals surface area contributed by atoms with E-state index in [1.807, 2.05) is 49.4 Å². The molecule has 0 aliphatic heterocycles. The lowest BCUT2D eigenvalue weighted by molar-refractivity contribution is -0.116. The molecule has 0 saturated carbocycles. The Bertz CT molecular complexity index is 1120. The van der Waals surface area contributed by atoms with Crippen molar-refractivity contribution in [1.82, 2.24) is 15.1 Å². The number of benzene rings is 2. The van der Waals surface area contributed by atoms with Gasteiger partial charge in [0, 0.05) is 36.5 Å². The first-order chi connectivity index (χ1) is 14.7. The van der Waals surface area contributed by atoms with E-state index in [0.29, 0.717) is 29.6 Å². The van der Waals surface area contributed by atoms with Crippen molar-refractivity contribution in [1.29, 1.82) is 0 Å². The third kappa shape index (κ3) is 5.08. The van der Waals surface area contributed by atoms with E-state index in [1.54, 1.807) is 30.6 Å². The molecule has 30 heavy (non-hydrogen) atoms. The Balaban J connectivity index is 1.28. The summed E-state index contributed by atoms with van der Waals surface area (Å²) in [6, 6.07) is 18.7. The van der Waals surface area contributed by atoms with Gasteiger partial charge in [-0.15, -0.1) is 0 Å². The molecule has 2 heterocycles. The summed E-state index contributed by atoms with van der Waals surface area (Å²) in [5.41, 5.74) is 2.59. The Morgan fingerprint density at radius 3 is 2.70 bits per heavy atom. The quantitative estimate of drug-likeness (QED) is 0.479.